The minimum absolute atomic E-state index is 0.0422. The van der Waals surface area contributed by atoms with Crippen LogP contribution in [0.15, 0.2) is 22.3 Å². The van der Waals surface area contributed by atoms with Crippen molar-refractivity contribution in [2.24, 2.45) is 0 Å². The molecule has 0 aliphatic heterocycles. The standard InChI is InChI=1S/C9H14BrN3O2S/c1-4-13-6-9(12-8(13)3)16(14,15)11-5-7(2)10/h6,11H,2,4-5H2,1,3H3. The molecule has 1 rings (SSSR count). The molecule has 7 heteroatoms. The van der Waals surface area contributed by atoms with Crippen molar-refractivity contribution in [3.05, 3.63) is 23.1 Å². The van der Waals surface area contributed by atoms with Crippen molar-refractivity contribution in [2.45, 2.75) is 25.4 Å². The van der Waals surface area contributed by atoms with Crippen LogP contribution in [0, 0.1) is 6.92 Å². The van der Waals surface area contributed by atoms with Crippen LogP contribution >= 0.6 is 15.9 Å². The van der Waals surface area contributed by atoms with Crippen LogP contribution in [-0.4, -0.2) is 24.5 Å². The molecule has 1 aromatic heterocycles. The van der Waals surface area contributed by atoms with Crippen LogP contribution in [0.2, 0.25) is 0 Å². The normalized spacial score (nSPS) is 11.7. The number of rotatable bonds is 5. The minimum atomic E-state index is -3.54. The molecule has 16 heavy (non-hydrogen) atoms. The summed E-state index contributed by atoms with van der Waals surface area (Å²) >= 11 is 3.09. The molecular weight excluding hydrogens is 294 g/mol. The number of aromatic nitrogens is 2. The van der Waals surface area contributed by atoms with Crippen molar-refractivity contribution in [2.75, 3.05) is 6.54 Å². The van der Waals surface area contributed by atoms with E-state index in [1.165, 1.54) is 6.20 Å². The third-order valence-corrected chi connectivity index (χ3v) is 3.58. The second-order valence-electron chi connectivity index (χ2n) is 3.25. The van der Waals surface area contributed by atoms with Gasteiger partial charge in [0, 0.05) is 23.8 Å². The topological polar surface area (TPSA) is 64.0 Å². The van der Waals surface area contributed by atoms with Crippen molar-refractivity contribution < 1.29 is 8.42 Å². The van der Waals surface area contributed by atoms with Crippen LogP contribution in [0.3, 0.4) is 0 Å². The van der Waals surface area contributed by atoms with Gasteiger partial charge in [0.05, 0.1) is 0 Å². The average molecular weight is 308 g/mol. The number of imidazole rings is 1. The molecule has 0 amide bonds. The highest BCUT2D eigenvalue weighted by Crippen LogP contribution is 2.09. The Morgan fingerprint density at radius 3 is 2.75 bits per heavy atom. The third-order valence-electron chi connectivity index (χ3n) is 2.02. The molecule has 5 nitrogen and oxygen atoms in total. The van der Waals surface area contributed by atoms with Gasteiger partial charge in [-0.25, -0.2) is 18.1 Å². The Balaban J connectivity index is 2.94. The molecule has 0 aliphatic rings. The summed E-state index contributed by atoms with van der Waals surface area (Å²) in [5, 5.41) is 0.0422. The molecule has 0 atom stereocenters. The third kappa shape index (κ3) is 3.16. The molecule has 0 saturated carbocycles. The first kappa shape index (κ1) is 13.4. The Morgan fingerprint density at radius 1 is 1.69 bits per heavy atom. The lowest BCUT2D eigenvalue weighted by molar-refractivity contribution is 0.582. The van der Waals surface area contributed by atoms with E-state index >= 15 is 0 Å². The molecule has 0 saturated heterocycles. The van der Waals surface area contributed by atoms with Crippen LogP contribution in [0.5, 0.6) is 0 Å². The molecule has 0 aromatic carbocycles. The summed E-state index contributed by atoms with van der Waals surface area (Å²) in [7, 11) is -3.54. The summed E-state index contributed by atoms with van der Waals surface area (Å²) in [6.07, 6.45) is 1.52. The number of nitrogens with one attached hydrogen (secondary N) is 1. The maximum atomic E-state index is 11.8. The van der Waals surface area contributed by atoms with Crippen LogP contribution in [0.4, 0.5) is 0 Å². The van der Waals surface area contributed by atoms with E-state index in [2.05, 4.69) is 32.2 Å². The van der Waals surface area contributed by atoms with E-state index in [1.54, 1.807) is 11.5 Å². The molecular formula is C9H14BrN3O2S. The summed E-state index contributed by atoms with van der Waals surface area (Å²) in [5.74, 6) is 0.681. The lowest BCUT2D eigenvalue weighted by Crippen LogP contribution is -2.25. The summed E-state index contributed by atoms with van der Waals surface area (Å²) in [5.41, 5.74) is 0. The molecule has 1 aromatic rings. The van der Waals surface area contributed by atoms with Crippen molar-refractivity contribution in [3.8, 4) is 0 Å². The van der Waals surface area contributed by atoms with E-state index in [9.17, 15) is 8.42 Å². The number of hydrogen-bond acceptors (Lipinski definition) is 3. The SMILES string of the molecule is C=C(Br)CNS(=O)(=O)c1cn(CC)c(C)n1. The average Bonchev–Trinajstić information content (AvgIpc) is 2.57. The van der Waals surface area contributed by atoms with Crippen LogP contribution < -0.4 is 4.72 Å². The van der Waals surface area contributed by atoms with Gasteiger partial charge in [-0.05, 0) is 13.8 Å². The molecule has 0 aliphatic carbocycles. The highest BCUT2D eigenvalue weighted by atomic mass is 79.9. The molecule has 0 spiro atoms. The van der Waals surface area contributed by atoms with Gasteiger partial charge in [-0.3, -0.25) is 0 Å². The molecule has 90 valence electrons. The number of sulfonamides is 1. The second kappa shape index (κ2) is 5.11. The van der Waals surface area contributed by atoms with Gasteiger partial charge in [0.15, 0.2) is 5.03 Å². The first-order chi connectivity index (χ1) is 7.36. The predicted octanol–water partition coefficient (Wildman–Crippen LogP) is 1.40. The monoisotopic (exact) mass is 307 g/mol. The number of halogens is 1. The molecule has 1 heterocycles. The Labute approximate surface area is 104 Å². The molecule has 0 unspecified atom stereocenters. The maximum absolute atomic E-state index is 11.8. The fourth-order valence-corrected chi connectivity index (χ4v) is 2.53. The quantitative estimate of drug-likeness (QED) is 0.894. The molecule has 0 bridgehead atoms. The van der Waals surface area contributed by atoms with Gasteiger partial charge < -0.3 is 4.57 Å². The lowest BCUT2D eigenvalue weighted by Gasteiger charge is -2.01. The van der Waals surface area contributed by atoms with E-state index in [0.29, 0.717) is 16.9 Å². The van der Waals surface area contributed by atoms with Gasteiger partial charge in [0.2, 0.25) is 0 Å². The van der Waals surface area contributed by atoms with Gasteiger partial charge in [0.25, 0.3) is 10.0 Å². The van der Waals surface area contributed by atoms with Crippen molar-refractivity contribution >= 4 is 26.0 Å². The van der Waals surface area contributed by atoms with Gasteiger partial charge in [-0.2, -0.15) is 0 Å². The van der Waals surface area contributed by atoms with E-state index in [-0.39, 0.29) is 11.6 Å². The predicted molar refractivity (Wildman–Crippen MR) is 65.9 cm³/mol. The van der Waals surface area contributed by atoms with E-state index in [4.69, 9.17) is 0 Å². The second-order valence-corrected chi connectivity index (χ2v) is 6.09. The lowest BCUT2D eigenvalue weighted by atomic mass is 10.6. The Bertz CT molecular complexity index is 493. The first-order valence-electron chi connectivity index (χ1n) is 4.73. The Morgan fingerprint density at radius 2 is 2.31 bits per heavy atom. The van der Waals surface area contributed by atoms with Gasteiger partial charge in [0.1, 0.15) is 5.82 Å². The number of nitrogens with zero attached hydrogens (tertiary/aromatic N) is 2. The minimum Gasteiger partial charge on any atom is -0.334 e. The van der Waals surface area contributed by atoms with Crippen LogP contribution in [-0.2, 0) is 16.6 Å². The maximum Gasteiger partial charge on any atom is 0.259 e. The Hall–Kier alpha value is -0.660. The Kier molecular flexibility index (Phi) is 4.28. The van der Waals surface area contributed by atoms with Gasteiger partial charge >= 0.3 is 0 Å². The summed E-state index contributed by atoms with van der Waals surface area (Å²) in [4.78, 5) is 4.00. The zero-order valence-corrected chi connectivity index (χ0v) is 11.6. The van der Waals surface area contributed by atoms with Gasteiger partial charge in [-0.1, -0.05) is 22.5 Å². The van der Waals surface area contributed by atoms with Crippen LogP contribution in [0.25, 0.3) is 0 Å². The van der Waals surface area contributed by atoms with Crippen molar-refractivity contribution in [1.29, 1.82) is 0 Å². The van der Waals surface area contributed by atoms with Crippen LogP contribution in [0.1, 0.15) is 12.7 Å². The zero-order chi connectivity index (χ0) is 12.3. The fourth-order valence-electron chi connectivity index (χ4n) is 1.18. The van der Waals surface area contributed by atoms with Gasteiger partial charge in [-0.15, -0.1) is 0 Å². The summed E-state index contributed by atoms with van der Waals surface area (Å²) < 4.78 is 28.3. The van der Waals surface area contributed by atoms with E-state index in [1.807, 2.05) is 6.92 Å². The van der Waals surface area contributed by atoms with E-state index < -0.39 is 10.0 Å². The number of hydrogen-bond donors (Lipinski definition) is 1. The smallest absolute Gasteiger partial charge is 0.259 e. The highest BCUT2D eigenvalue weighted by molar-refractivity contribution is 9.11. The number of aryl methyl sites for hydroxylation is 2. The highest BCUT2D eigenvalue weighted by Gasteiger charge is 2.18. The largest absolute Gasteiger partial charge is 0.334 e. The molecule has 0 fully saturated rings. The summed E-state index contributed by atoms with van der Waals surface area (Å²) in [6.45, 7) is 8.10. The molecule has 0 radical (unpaired) electrons. The zero-order valence-electron chi connectivity index (χ0n) is 9.20. The van der Waals surface area contributed by atoms with Crippen molar-refractivity contribution in [3.63, 3.8) is 0 Å². The fraction of sp³-hybridized carbons (Fsp3) is 0.444. The van der Waals surface area contributed by atoms with Crippen molar-refractivity contribution in [1.82, 2.24) is 14.3 Å². The molecule has 1 N–H and O–H groups in total. The summed E-state index contributed by atoms with van der Waals surface area (Å²) in [6, 6.07) is 0. The van der Waals surface area contributed by atoms with E-state index in [0.717, 1.165) is 0 Å². The first-order valence-corrected chi connectivity index (χ1v) is 7.01.